The first-order valence-corrected chi connectivity index (χ1v) is 4.44. The number of hydrogen-bond donors (Lipinski definition) is 0. The van der Waals surface area contributed by atoms with Crippen LogP contribution in [0.15, 0.2) is 16.8 Å². The fourth-order valence-corrected chi connectivity index (χ4v) is 0.929. The predicted molar refractivity (Wildman–Crippen MR) is 52.0 cm³/mol. The van der Waals surface area contributed by atoms with Crippen LogP contribution in [0.1, 0.15) is 41.0 Å². The first kappa shape index (κ1) is 10.4. The third-order valence-electron chi connectivity index (χ3n) is 1.52. The van der Waals surface area contributed by atoms with Gasteiger partial charge in [-0.25, -0.2) is 0 Å². The van der Waals surface area contributed by atoms with Crippen LogP contribution < -0.4 is 0 Å². The summed E-state index contributed by atoms with van der Waals surface area (Å²) in [5.74, 6) is 0.599. The Hall–Kier alpha value is -0.590. The average Bonchev–Trinajstić information content (AvgIpc) is 2.40. The molecule has 0 radical (unpaired) electrons. The maximum Gasteiger partial charge on any atom is 0.0392 e. The first-order chi connectivity index (χ1) is 5.20. The zero-order valence-corrected chi connectivity index (χ0v) is 8.31. The number of nitrogens with zero attached hydrogens (tertiary/aromatic N) is 1. The molecular weight excluding hydrogens is 134 g/mol. The van der Waals surface area contributed by atoms with Crippen molar-refractivity contribution in [1.82, 2.24) is 0 Å². The van der Waals surface area contributed by atoms with E-state index in [0.717, 1.165) is 6.42 Å². The van der Waals surface area contributed by atoms with Gasteiger partial charge in [0.15, 0.2) is 0 Å². The number of aliphatic imine (C=N–C) groups is 1. The Morgan fingerprint density at radius 3 is 2.09 bits per heavy atom. The SMILES string of the molecule is CC.CC1=NC(C(C)C)=CC1. The molecule has 0 N–H and O–H groups in total. The van der Waals surface area contributed by atoms with E-state index in [4.69, 9.17) is 0 Å². The molecule has 1 rings (SSSR count). The molecule has 0 aliphatic carbocycles. The summed E-state index contributed by atoms with van der Waals surface area (Å²) < 4.78 is 0. The molecule has 1 aliphatic rings. The lowest BCUT2D eigenvalue weighted by molar-refractivity contribution is 0.761. The molecule has 0 spiro atoms. The molecule has 0 saturated carbocycles. The second kappa shape index (κ2) is 5.11. The topological polar surface area (TPSA) is 12.4 Å². The van der Waals surface area contributed by atoms with Gasteiger partial charge >= 0.3 is 0 Å². The molecule has 1 nitrogen and oxygen atoms in total. The second-order valence-electron chi connectivity index (χ2n) is 2.83. The van der Waals surface area contributed by atoms with Crippen LogP contribution >= 0.6 is 0 Å². The third-order valence-corrected chi connectivity index (χ3v) is 1.52. The van der Waals surface area contributed by atoms with Gasteiger partial charge in [-0.3, -0.25) is 4.99 Å². The average molecular weight is 153 g/mol. The molecule has 0 aromatic carbocycles. The Balaban J connectivity index is 0.000000461. The van der Waals surface area contributed by atoms with Crippen LogP contribution in [-0.4, -0.2) is 5.71 Å². The third kappa shape index (κ3) is 3.35. The van der Waals surface area contributed by atoms with Gasteiger partial charge < -0.3 is 0 Å². The van der Waals surface area contributed by atoms with Crippen molar-refractivity contribution in [3.8, 4) is 0 Å². The highest BCUT2D eigenvalue weighted by Gasteiger charge is 2.06. The maximum absolute atomic E-state index is 4.37. The van der Waals surface area contributed by atoms with Gasteiger partial charge in [-0.2, -0.15) is 0 Å². The molecule has 0 fully saturated rings. The lowest BCUT2D eigenvalue weighted by Crippen LogP contribution is -1.87. The van der Waals surface area contributed by atoms with Crippen molar-refractivity contribution in [3.05, 3.63) is 11.8 Å². The first-order valence-electron chi connectivity index (χ1n) is 4.44. The molecule has 0 bridgehead atoms. The van der Waals surface area contributed by atoms with Gasteiger partial charge in [0, 0.05) is 17.8 Å². The Bertz CT molecular complexity index is 164. The van der Waals surface area contributed by atoms with E-state index in [9.17, 15) is 0 Å². The van der Waals surface area contributed by atoms with Gasteiger partial charge in [-0.05, 0) is 12.8 Å². The van der Waals surface area contributed by atoms with Crippen LogP contribution in [-0.2, 0) is 0 Å². The van der Waals surface area contributed by atoms with E-state index >= 15 is 0 Å². The molecule has 0 unspecified atom stereocenters. The van der Waals surface area contributed by atoms with Crippen molar-refractivity contribution in [1.29, 1.82) is 0 Å². The van der Waals surface area contributed by atoms with Crippen LogP contribution in [0.4, 0.5) is 0 Å². The van der Waals surface area contributed by atoms with Crippen molar-refractivity contribution in [2.45, 2.75) is 41.0 Å². The monoisotopic (exact) mass is 153 g/mol. The summed E-state index contributed by atoms with van der Waals surface area (Å²) in [6, 6.07) is 0. The zero-order chi connectivity index (χ0) is 8.85. The van der Waals surface area contributed by atoms with E-state index in [1.54, 1.807) is 0 Å². The van der Waals surface area contributed by atoms with Crippen LogP contribution in [0.25, 0.3) is 0 Å². The molecule has 0 saturated heterocycles. The Morgan fingerprint density at radius 2 is 1.91 bits per heavy atom. The maximum atomic E-state index is 4.37. The second-order valence-corrected chi connectivity index (χ2v) is 2.83. The van der Waals surface area contributed by atoms with Gasteiger partial charge in [0.2, 0.25) is 0 Å². The highest BCUT2D eigenvalue weighted by atomic mass is 14.8. The van der Waals surface area contributed by atoms with Crippen molar-refractivity contribution in [2.75, 3.05) is 0 Å². The molecule has 1 heterocycles. The Labute approximate surface area is 70.2 Å². The van der Waals surface area contributed by atoms with E-state index in [1.165, 1.54) is 11.4 Å². The Kier molecular flexibility index (Phi) is 4.84. The summed E-state index contributed by atoms with van der Waals surface area (Å²) in [4.78, 5) is 4.37. The van der Waals surface area contributed by atoms with E-state index in [2.05, 4.69) is 31.8 Å². The molecule has 11 heavy (non-hydrogen) atoms. The number of hydrogen-bond acceptors (Lipinski definition) is 1. The minimum absolute atomic E-state index is 0.599. The minimum Gasteiger partial charge on any atom is -0.262 e. The van der Waals surface area contributed by atoms with Crippen molar-refractivity contribution in [2.24, 2.45) is 10.9 Å². The fraction of sp³-hybridized carbons (Fsp3) is 0.700. The normalized spacial score (nSPS) is 15.5. The fourth-order valence-electron chi connectivity index (χ4n) is 0.929. The molecule has 1 heteroatoms. The number of allylic oxidation sites excluding steroid dienone is 2. The van der Waals surface area contributed by atoms with Gasteiger partial charge in [0.25, 0.3) is 0 Å². The van der Waals surface area contributed by atoms with Crippen molar-refractivity contribution < 1.29 is 0 Å². The van der Waals surface area contributed by atoms with Crippen LogP contribution in [0.5, 0.6) is 0 Å². The van der Waals surface area contributed by atoms with Gasteiger partial charge in [0.1, 0.15) is 0 Å². The summed E-state index contributed by atoms with van der Waals surface area (Å²) in [5, 5.41) is 0. The van der Waals surface area contributed by atoms with E-state index in [-0.39, 0.29) is 0 Å². The molecular formula is C10H19N. The highest BCUT2D eigenvalue weighted by molar-refractivity contribution is 5.86. The van der Waals surface area contributed by atoms with Crippen LogP contribution in [0.2, 0.25) is 0 Å². The van der Waals surface area contributed by atoms with Crippen molar-refractivity contribution in [3.63, 3.8) is 0 Å². The van der Waals surface area contributed by atoms with Crippen molar-refractivity contribution >= 4 is 5.71 Å². The molecule has 0 amide bonds. The van der Waals surface area contributed by atoms with Gasteiger partial charge in [-0.15, -0.1) is 0 Å². The summed E-state index contributed by atoms with van der Waals surface area (Å²) in [5.41, 5.74) is 2.51. The molecule has 64 valence electrons. The minimum atomic E-state index is 0.599. The lowest BCUT2D eigenvalue weighted by atomic mass is 10.1. The largest absolute Gasteiger partial charge is 0.262 e. The Morgan fingerprint density at radius 1 is 1.36 bits per heavy atom. The smallest absolute Gasteiger partial charge is 0.0392 e. The van der Waals surface area contributed by atoms with E-state index < -0.39 is 0 Å². The summed E-state index contributed by atoms with van der Waals surface area (Å²) >= 11 is 0. The van der Waals surface area contributed by atoms with E-state index in [0.29, 0.717) is 5.92 Å². The summed E-state index contributed by atoms with van der Waals surface area (Å²) in [7, 11) is 0. The van der Waals surface area contributed by atoms with Gasteiger partial charge in [0.05, 0.1) is 0 Å². The zero-order valence-electron chi connectivity index (χ0n) is 8.31. The summed E-state index contributed by atoms with van der Waals surface area (Å²) in [6.45, 7) is 10.4. The predicted octanol–water partition coefficient (Wildman–Crippen LogP) is 3.42. The van der Waals surface area contributed by atoms with Gasteiger partial charge in [-0.1, -0.05) is 33.8 Å². The van der Waals surface area contributed by atoms with E-state index in [1.807, 2.05) is 13.8 Å². The number of rotatable bonds is 1. The summed E-state index contributed by atoms with van der Waals surface area (Å²) in [6.07, 6.45) is 3.27. The van der Waals surface area contributed by atoms with Crippen LogP contribution in [0.3, 0.4) is 0 Å². The van der Waals surface area contributed by atoms with Crippen LogP contribution in [0, 0.1) is 5.92 Å². The standard InChI is InChI=1S/C8H13N.C2H6/c1-6(2)8-5-4-7(3)9-8;1-2/h5-6H,4H2,1-3H3;1-2H3. The highest BCUT2D eigenvalue weighted by Crippen LogP contribution is 2.17. The molecule has 0 atom stereocenters. The molecule has 0 aromatic heterocycles. The quantitative estimate of drug-likeness (QED) is 0.547. The lowest BCUT2D eigenvalue weighted by Gasteiger charge is -1.99. The molecule has 0 aromatic rings. The molecule has 1 aliphatic heterocycles.